The highest BCUT2D eigenvalue weighted by molar-refractivity contribution is 5.27. The van der Waals surface area contributed by atoms with Gasteiger partial charge in [0.15, 0.2) is 0 Å². The molecule has 0 aromatic rings. The molecular weight excluding hydrogens is 156 g/mol. The first kappa shape index (κ1) is 7.31. The third-order valence-electron chi connectivity index (χ3n) is 6.47. The molecule has 0 aromatic carbocycles. The highest BCUT2D eigenvalue weighted by Crippen LogP contribution is 2.85. The fourth-order valence-corrected chi connectivity index (χ4v) is 5.94. The van der Waals surface area contributed by atoms with E-state index in [4.69, 9.17) is 0 Å². The molecule has 5 atom stereocenters. The zero-order valence-electron chi connectivity index (χ0n) is 9.01. The Bertz CT molecular complexity index is 284. The Morgan fingerprint density at radius 1 is 1.08 bits per heavy atom. The smallest absolute Gasteiger partial charge is 0.0260 e. The largest absolute Gasteiger partial charge is 0.0619 e. The molecule has 4 fully saturated rings. The van der Waals surface area contributed by atoms with Crippen molar-refractivity contribution < 1.29 is 0 Å². The van der Waals surface area contributed by atoms with Gasteiger partial charge in [-0.15, -0.1) is 0 Å². The van der Waals surface area contributed by atoms with Gasteiger partial charge in [0.2, 0.25) is 0 Å². The Kier molecular flexibility index (Phi) is 0.907. The monoisotopic (exact) mass is 176 g/mol. The Morgan fingerprint density at radius 3 is 2.38 bits per heavy atom. The van der Waals surface area contributed by atoms with E-state index in [9.17, 15) is 0 Å². The van der Waals surface area contributed by atoms with Crippen molar-refractivity contribution in [1.82, 2.24) is 0 Å². The molecule has 13 heavy (non-hydrogen) atoms. The second kappa shape index (κ2) is 1.61. The number of hydrogen-bond acceptors (Lipinski definition) is 0. The lowest BCUT2D eigenvalue weighted by molar-refractivity contribution is -0.216. The predicted octanol–water partition coefficient (Wildman–Crippen LogP) is 3.32. The molecule has 0 heterocycles. The Balaban J connectivity index is 1.79. The fourth-order valence-electron chi connectivity index (χ4n) is 5.94. The second-order valence-electron chi connectivity index (χ2n) is 6.98. The van der Waals surface area contributed by atoms with Gasteiger partial charge in [0.25, 0.3) is 0 Å². The van der Waals surface area contributed by atoms with Gasteiger partial charge in [-0.1, -0.05) is 20.8 Å². The fraction of sp³-hybridized carbons (Fsp3) is 1.00. The minimum Gasteiger partial charge on any atom is -0.0619 e. The van der Waals surface area contributed by atoms with Crippen LogP contribution in [-0.4, -0.2) is 0 Å². The van der Waals surface area contributed by atoms with Crippen LogP contribution in [0.5, 0.6) is 0 Å². The summed E-state index contributed by atoms with van der Waals surface area (Å²) < 4.78 is 0. The Morgan fingerprint density at radius 2 is 1.77 bits per heavy atom. The molecular formula is C13H20. The lowest BCUT2D eigenvalue weighted by Gasteiger charge is -2.69. The molecule has 0 nitrogen and oxygen atoms in total. The molecule has 0 N–H and O–H groups in total. The molecule has 0 aromatic heterocycles. The molecule has 0 saturated heterocycles. The van der Waals surface area contributed by atoms with Gasteiger partial charge in [0, 0.05) is 0 Å². The lowest BCUT2D eigenvalue weighted by Crippen LogP contribution is -2.64. The van der Waals surface area contributed by atoms with Gasteiger partial charge >= 0.3 is 0 Å². The van der Waals surface area contributed by atoms with Crippen molar-refractivity contribution in [3.63, 3.8) is 0 Å². The Hall–Kier alpha value is 0. The van der Waals surface area contributed by atoms with E-state index in [0.29, 0.717) is 5.41 Å². The molecule has 4 aliphatic carbocycles. The van der Waals surface area contributed by atoms with Crippen molar-refractivity contribution in [2.24, 2.45) is 40.4 Å². The average molecular weight is 176 g/mol. The van der Waals surface area contributed by atoms with Crippen LogP contribution >= 0.6 is 0 Å². The van der Waals surface area contributed by atoms with Crippen molar-refractivity contribution in [3.8, 4) is 0 Å². The van der Waals surface area contributed by atoms with E-state index in [1.54, 1.807) is 19.3 Å². The quantitative estimate of drug-likeness (QED) is 0.531. The third kappa shape index (κ3) is 0.521. The van der Waals surface area contributed by atoms with Crippen LogP contribution in [0.2, 0.25) is 0 Å². The first-order chi connectivity index (χ1) is 6.08. The minimum absolute atomic E-state index is 0.715. The molecule has 0 heteroatoms. The molecule has 4 rings (SSSR count). The first-order valence-corrected chi connectivity index (χ1v) is 6.08. The van der Waals surface area contributed by atoms with Gasteiger partial charge in [0.1, 0.15) is 0 Å². The summed E-state index contributed by atoms with van der Waals surface area (Å²) in [7, 11) is 0. The van der Waals surface area contributed by atoms with Crippen LogP contribution in [0.4, 0.5) is 0 Å². The lowest BCUT2D eigenvalue weighted by atomic mass is 9.36. The van der Waals surface area contributed by atoms with Crippen LogP contribution in [0.1, 0.15) is 40.0 Å². The normalized spacial score (nSPS) is 62.5. The van der Waals surface area contributed by atoms with Gasteiger partial charge in [-0.2, -0.15) is 0 Å². The van der Waals surface area contributed by atoms with Gasteiger partial charge in [-0.3, -0.25) is 0 Å². The minimum atomic E-state index is 0.715. The van der Waals surface area contributed by atoms with Crippen molar-refractivity contribution in [2.45, 2.75) is 40.0 Å². The van der Waals surface area contributed by atoms with Crippen LogP contribution in [0.25, 0.3) is 0 Å². The number of hydrogen-bond donors (Lipinski definition) is 0. The maximum absolute atomic E-state index is 2.54. The van der Waals surface area contributed by atoms with E-state index < -0.39 is 0 Å². The molecule has 4 saturated carbocycles. The summed E-state index contributed by atoms with van der Waals surface area (Å²) in [5.41, 5.74) is 1.62. The average Bonchev–Trinajstić information content (AvgIpc) is 2.71. The zero-order valence-corrected chi connectivity index (χ0v) is 9.01. The Labute approximate surface area is 81.1 Å². The molecule has 0 radical (unpaired) electrons. The zero-order chi connectivity index (χ0) is 9.01. The maximum atomic E-state index is 2.54. The third-order valence-corrected chi connectivity index (χ3v) is 6.47. The first-order valence-electron chi connectivity index (χ1n) is 6.08. The maximum Gasteiger partial charge on any atom is -0.0260 e. The summed E-state index contributed by atoms with van der Waals surface area (Å²) in [6.07, 6.45) is 4.77. The van der Waals surface area contributed by atoms with Crippen LogP contribution in [-0.2, 0) is 0 Å². The molecule has 0 aliphatic heterocycles. The summed E-state index contributed by atoms with van der Waals surface area (Å²) in [6.45, 7) is 7.61. The van der Waals surface area contributed by atoms with E-state index in [-0.39, 0.29) is 0 Å². The molecule has 72 valence electrons. The van der Waals surface area contributed by atoms with Crippen LogP contribution in [0.15, 0.2) is 0 Å². The molecule has 4 aliphatic rings. The van der Waals surface area contributed by atoms with Gasteiger partial charge < -0.3 is 0 Å². The molecule has 0 bridgehead atoms. The summed E-state index contributed by atoms with van der Waals surface area (Å²) in [5, 5.41) is 0. The summed E-state index contributed by atoms with van der Waals surface area (Å²) in [5.74, 6) is 5.67. The standard InChI is InChI=1S/C13H20/c1-7-10-9-8(12(10,2)3)6-13(4-5-13)11(7)9/h7-11H,4-6H2,1-3H3. The van der Waals surface area contributed by atoms with E-state index in [1.807, 2.05) is 0 Å². The summed E-state index contributed by atoms with van der Waals surface area (Å²) >= 11 is 0. The van der Waals surface area contributed by atoms with Crippen LogP contribution < -0.4 is 0 Å². The SMILES string of the molecule is CC1C2C3C(CC24CC4)C(C)(C)C13. The van der Waals surface area contributed by atoms with Crippen LogP contribution in [0.3, 0.4) is 0 Å². The van der Waals surface area contributed by atoms with E-state index in [1.165, 1.54) is 11.8 Å². The van der Waals surface area contributed by atoms with Gasteiger partial charge in [-0.05, 0) is 59.7 Å². The van der Waals surface area contributed by atoms with Gasteiger partial charge in [-0.25, -0.2) is 0 Å². The van der Waals surface area contributed by atoms with E-state index in [0.717, 1.165) is 23.2 Å². The van der Waals surface area contributed by atoms with Crippen molar-refractivity contribution in [1.29, 1.82) is 0 Å². The summed E-state index contributed by atoms with van der Waals surface area (Å²) in [6, 6.07) is 0. The highest BCUT2D eigenvalue weighted by Gasteiger charge is 2.79. The second-order valence-corrected chi connectivity index (χ2v) is 6.98. The number of rotatable bonds is 0. The van der Waals surface area contributed by atoms with Gasteiger partial charge in [0.05, 0.1) is 0 Å². The molecule has 5 unspecified atom stereocenters. The van der Waals surface area contributed by atoms with Crippen molar-refractivity contribution in [3.05, 3.63) is 0 Å². The number of fused-ring (bicyclic) bond motifs is 1. The van der Waals surface area contributed by atoms with E-state index in [2.05, 4.69) is 20.8 Å². The van der Waals surface area contributed by atoms with Crippen LogP contribution in [0, 0.1) is 40.4 Å². The summed E-state index contributed by atoms with van der Waals surface area (Å²) in [4.78, 5) is 0. The predicted molar refractivity (Wildman–Crippen MR) is 53.2 cm³/mol. The molecule has 1 spiro atoms. The molecule has 0 amide bonds. The topological polar surface area (TPSA) is 0 Å². The highest BCUT2D eigenvalue weighted by atomic mass is 14.8. The van der Waals surface area contributed by atoms with Crippen molar-refractivity contribution in [2.75, 3.05) is 0 Å². The van der Waals surface area contributed by atoms with Crippen molar-refractivity contribution >= 4 is 0 Å². The van der Waals surface area contributed by atoms with E-state index >= 15 is 0 Å².